The van der Waals surface area contributed by atoms with Crippen molar-refractivity contribution < 1.29 is 39.9 Å². The lowest BCUT2D eigenvalue weighted by molar-refractivity contribution is -0.276. The van der Waals surface area contributed by atoms with Crippen molar-refractivity contribution in [2.24, 2.45) is 0 Å². The molecule has 0 aliphatic carbocycles. The van der Waals surface area contributed by atoms with Crippen LogP contribution in [0.2, 0.25) is 0 Å². The fraction of sp³-hybridized carbons (Fsp3) is 0.375. The first-order valence-electron chi connectivity index (χ1n) is 4.13. The smallest absolute Gasteiger partial charge is 0.388 e. The molecular weight excluding hydrogens is 278 g/mol. The molecule has 0 atom stereocenters. The van der Waals surface area contributed by atoms with Gasteiger partial charge in [-0.3, -0.25) is 0 Å². The van der Waals surface area contributed by atoms with E-state index < -0.39 is 42.2 Å². The maximum absolute atomic E-state index is 13.0. The van der Waals surface area contributed by atoms with E-state index in [1.165, 1.54) is 0 Å². The molecule has 0 unspecified atom stereocenters. The highest BCUT2D eigenvalue weighted by atomic mass is 19.4. The van der Waals surface area contributed by atoms with Crippen LogP contribution in [0.4, 0.5) is 35.1 Å². The summed E-state index contributed by atoms with van der Waals surface area (Å²) in [5.41, 5.74) is -3.49. The molecule has 102 valence electrons. The summed E-state index contributed by atoms with van der Waals surface area (Å²) in [5, 5.41) is 0. The van der Waals surface area contributed by atoms with Gasteiger partial charge in [-0.25, -0.2) is 13.8 Å². The van der Waals surface area contributed by atoms with Gasteiger partial charge in [0.05, 0.1) is 0 Å². The second-order valence-electron chi connectivity index (χ2n) is 2.96. The summed E-state index contributed by atoms with van der Waals surface area (Å²) in [6.45, 7) is -1.73. The van der Waals surface area contributed by atoms with E-state index >= 15 is 0 Å². The fourth-order valence-corrected chi connectivity index (χ4v) is 1.01. The number of aromatic nitrogens is 1. The van der Waals surface area contributed by atoms with Crippen LogP contribution >= 0.6 is 0 Å². The maximum Gasteiger partial charge on any atom is 0.574 e. The minimum Gasteiger partial charge on any atom is -0.388 e. The monoisotopic (exact) mass is 281 g/mol. The van der Waals surface area contributed by atoms with Crippen molar-refractivity contribution in [3.8, 4) is 5.88 Å². The van der Waals surface area contributed by atoms with Gasteiger partial charge in [-0.15, -0.1) is 13.2 Å². The van der Waals surface area contributed by atoms with Crippen LogP contribution in [0, 0.1) is 5.82 Å². The summed E-state index contributed by atoms with van der Waals surface area (Å²) in [6.07, 6.45) is -10.7. The number of rotatable bonds is 2. The topological polar surface area (TPSA) is 22.1 Å². The maximum atomic E-state index is 13.0. The number of hydrogen-bond acceptors (Lipinski definition) is 2. The first-order chi connectivity index (χ1) is 8.04. The minimum atomic E-state index is -5.36. The second-order valence-corrected chi connectivity index (χ2v) is 2.96. The van der Waals surface area contributed by atoms with Gasteiger partial charge in [0.1, 0.15) is 6.67 Å². The lowest BCUT2D eigenvalue weighted by Gasteiger charge is -2.13. The Morgan fingerprint density at radius 3 is 2.06 bits per heavy atom. The van der Waals surface area contributed by atoms with Gasteiger partial charge in [0.25, 0.3) is 0 Å². The third kappa shape index (κ3) is 3.44. The lowest BCUT2D eigenvalue weighted by atomic mass is 10.2. The number of nitrogens with zero attached hydrogens (tertiary/aromatic N) is 1. The fourth-order valence-electron chi connectivity index (χ4n) is 1.01. The number of pyridine rings is 1. The number of ether oxygens (including phenoxy) is 1. The molecule has 1 heterocycles. The summed E-state index contributed by atoms with van der Waals surface area (Å²) < 4.78 is 100. The van der Waals surface area contributed by atoms with Crippen LogP contribution < -0.4 is 4.74 Å². The van der Waals surface area contributed by atoms with Crippen LogP contribution in [-0.2, 0) is 12.9 Å². The van der Waals surface area contributed by atoms with Gasteiger partial charge >= 0.3 is 12.5 Å². The van der Waals surface area contributed by atoms with Gasteiger partial charge in [-0.2, -0.15) is 13.2 Å². The molecule has 0 saturated heterocycles. The van der Waals surface area contributed by atoms with Crippen LogP contribution in [0.15, 0.2) is 6.07 Å². The molecular formula is C8H3F8NO. The van der Waals surface area contributed by atoms with Crippen LogP contribution in [0.1, 0.15) is 11.3 Å². The SMILES string of the molecule is FCc1cc(OC(F)(F)F)nc(C(F)(F)F)c1F. The van der Waals surface area contributed by atoms with Crippen molar-refractivity contribution >= 4 is 0 Å². The predicted molar refractivity (Wildman–Crippen MR) is 40.7 cm³/mol. The Balaban J connectivity index is 3.31. The molecule has 0 fully saturated rings. The van der Waals surface area contributed by atoms with Gasteiger partial charge in [0.2, 0.25) is 5.88 Å². The Morgan fingerprint density at radius 1 is 1.11 bits per heavy atom. The molecule has 0 aliphatic heterocycles. The van der Waals surface area contributed by atoms with Crippen molar-refractivity contribution in [3.63, 3.8) is 0 Å². The molecule has 1 aromatic heterocycles. The third-order valence-corrected chi connectivity index (χ3v) is 1.64. The van der Waals surface area contributed by atoms with E-state index in [4.69, 9.17) is 0 Å². The Kier molecular flexibility index (Phi) is 3.67. The van der Waals surface area contributed by atoms with E-state index in [1.807, 2.05) is 0 Å². The summed E-state index contributed by atoms with van der Waals surface area (Å²) in [4.78, 5) is 2.33. The van der Waals surface area contributed by atoms with Crippen LogP contribution in [0.3, 0.4) is 0 Å². The predicted octanol–water partition coefficient (Wildman–Crippen LogP) is 3.61. The highest BCUT2D eigenvalue weighted by Crippen LogP contribution is 2.34. The molecule has 2 nitrogen and oxygen atoms in total. The zero-order chi connectivity index (χ0) is 14.1. The van der Waals surface area contributed by atoms with Gasteiger partial charge in [0.15, 0.2) is 11.5 Å². The zero-order valence-electron chi connectivity index (χ0n) is 8.16. The van der Waals surface area contributed by atoms with E-state index in [9.17, 15) is 35.1 Å². The number of hydrogen-bond donors (Lipinski definition) is 0. The number of alkyl halides is 7. The zero-order valence-corrected chi connectivity index (χ0v) is 8.16. The molecule has 0 saturated carbocycles. The van der Waals surface area contributed by atoms with Crippen molar-refractivity contribution in [2.45, 2.75) is 19.2 Å². The van der Waals surface area contributed by atoms with Crippen molar-refractivity contribution in [2.75, 3.05) is 0 Å². The standard InChI is InChI=1S/C8H3F8NO/c9-2-3-1-4(18-8(14,15)16)17-6(5(3)10)7(11,12)13/h1H,2H2. The third-order valence-electron chi connectivity index (χ3n) is 1.64. The first kappa shape index (κ1) is 14.5. The molecule has 0 radical (unpaired) electrons. The lowest BCUT2D eigenvalue weighted by Crippen LogP contribution is -2.20. The van der Waals surface area contributed by atoms with Gasteiger partial charge < -0.3 is 4.74 Å². The highest BCUT2D eigenvalue weighted by molar-refractivity contribution is 5.28. The molecule has 0 amide bonds. The quantitative estimate of drug-likeness (QED) is 0.772. The van der Waals surface area contributed by atoms with Crippen LogP contribution in [0.25, 0.3) is 0 Å². The molecule has 18 heavy (non-hydrogen) atoms. The molecule has 0 N–H and O–H groups in total. The summed E-state index contributed by atoms with van der Waals surface area (Å²) >= 11 is 0. The average Bonchev–Trinajstić information content (AvgIpc) is 2.16. The Hall–Kier alpha value is -1.61. The Morgan fingerprint density at radius 2 is 1.67 bits per heavy atom. The Labute approximate surface area is 94.2 Å². The van der Waals surface area contributed by atoms with E-state index in [-0.39, 0.29) is 6.07 Å². The minimum absolute atomic E-state index is 0.109. The molecule has 1 rings (SSSR count). The molecule has 0 aromatic carbocycles. The number of halogens is 8. The summed E-state index contributed by atoms with van der Waals surface area (Å²) in [7, 11) is 0. The first-order valence-corrected chi connectivity index (χ1v) is 4.13. The molecule has 10 heteroatoms. The van der Waals surface area contributed by atoms with E-state index in [0.717, 1.165) is 0 Å². The summed E-state index contributed by atoms with van der Waals surface area (Å²) in [5.74, 6) is -3.65. The average molecular weight is 281 g/mol. The summed E-state index contributed by atoms with van der Waals surface area (Å²) in [6, 6.07) is 0.109. The van der Waals surface area contributed by atoms with Crippen LogP contribution in [-0.4, -0.2) is 11.3 Å². The van der Waals surface area contributed by atoms with E-state index in [0.29, 0.717) is 0 Å². The van der Waals surface area contributed by atoms with Crippen molar-refractivity contribution in [3.05, 3.63) is 23.1 Å². The van der Waals surface area contributed by atoms with Crippen molar-refractivity contribution in [1.29, 1.82) is 0 Å². The second kappa shape index (κ2) is 4.58. The highest BCUT2D eigenvalue weighted by Gasteiger charge is 2.39. The van der Waals surface area contributed by atoms with Crippen LogP contribution in [0.5, 0.6) is 5.88 Å². The molecule has 0 bridgehead atoms. The molecule has 1 aromatic rings. The molecule has 0 spiro atoms. The Bertz CT molecular complexity index is 438. The van der Waals surface area contributed by atoms with Gasteiger partial charge in [-0.1, -0.05) is 0 Å². The van der Waals surface area contributed by atoms with Gasteiger partial charge in [0, 0.05) is 11.6 Å². The normalized spacial score (nSPS) is 12.7. The van der Waals surface area contributed by atoms with Gasteiger partial charge in [-0.05, 0) is 0 Å². The molecule has 0 aliphatic rings. The van der Waals surface area contributed by atoms with E-state index in [1.54, 1.807) is 0 Å². The van der Waals surface area contributed by atoms with Crippen molar-refractivity contribution in [1.82, 2.24) is 4.98 Å². The van der Waals surface area contributed by atoms with E-state index in [2.05, 4.69) is 9.72 Å². The largest absolute Gasteiger partial charge is 0.574 e.